The van der Waals surface area contributed by atoms with E-state index < -0.39 is 0 Å². The number of hydrogen-bond donors (Lipinski definition) is 1. The summed E-state index contributed by atoms with van der Waals surface area (Å²) in [5, 5.41) is 0. The van der Waals surface area contributed by atoms with Crippen molar-refractivity contribution in [3.8, 4) is 0 Å². The number of carbonyl (C=O) groups excluding carboxylic acids is 1. The van der Waals surface area contributed by atoms with Gasteiger partial charge in [0.25, 0.3) is 0 Å². The van der Waals surface area contributed by atoms with Crippen molar-refractivity contribution in [2.24, 2.45) is 5.73 Å². The van der Waals surface area contributed by atoms with Gasteiger partial charge in [0.05, 0.1) is 0 Å². The van der Waals surface area contributed by atoms with E-state index >= 15 is 0 Å². The van der Waals surface area contributed by atoms with E-state index in [1.54, 1.807) is 6.07 Å². The number of carbonyl (C=O) groups is 1. The van der Waals surface area contributed by atoms with Crippen LogP contribution in [0.4, 0.5) is 0 Å². The second-order valence-corrected chi connectivity index (χ2v) is 3.38. The number of rotatable bonds is 2. The molecule has 0 aliphatic rings. The van der Waals surface area contributed by atoms with Crippen molar-refractivity contribution in [1.29, 1.82) is 0 Å². The molecule has 0 spiro atoms. The topological polar surface area (TPSA) is 43.1 Å². The van der Waals surface area contributed by atoms with Crippen LogP contribution in [-0.4, -0.2) is 5.91 Å². The minimum atomic E-state index is -0.378. The van der Waals surface area contributed by atoms with E-state index in [2.05, 4.69) is 15.9 Å². The van der Waals surface area contributed by atoms with Crippen molar-refractivity contribution in [3.63, 3.8) is 0 Å². The zero-order valence-corrected chi connectivity index (χ0v) is 8.39. The van der Waals surface area contributed by atoms with Gasteiger partial charge in [-0.3, -0.25) is 4.79 Å². The minimum absolute atomic E-state index is 0.378. The molecule has 0 aliphatic heterocycles. The fourth-order valence-corrected chi connectivity index (χ4v) is 1.53. The molecule has 0 saturated carbocycles. The molecule has 0 fully saturated rings. The fraction of sp³-hybridized carbons (Fsp3) is 0.222. The van der Waals surface area contributed by atoms with Gasteiger partial charge < -0.3 is 5.73 Å². The number of primary amides is 1. The van der Waals surface area contributed by atoms with Gasteiger partial charge >= 0.3 is 0 Å². The van der Waals surface area contributed by atoms with E-state index in [9.17, 15) is 4.79 Å². The van der Waals surface area contributed by atoms with Crippen LogP contribution in [0.15, 0.2) is 22.7 Å². The minimum Gasteiger partial charge on any atom is -0.366 e. The Labute approximate surface area is 79.9 Å². The third kappa shape index (κ3) is 1.85. The molecule has 0 aromatic heterocycles. The first-order valence-corrected chi connectivity index (χ1v) is 4.52. The third-order valence-electron chi connectivity index (χ3n) is 1.71. The van der Waals surface area contributed by atoms with E-state index in [1.807, 2.05) is 19.1 Å². The lowest BCUT2D eigenvalue weighted by Crippen LogP contribution is -2.11. The second-order valence-electron chi connectivity index (χ2n) is 2.52. The van der Waals surface area contributed by atoms with Crippen molar-refractivity contribution in [2.45, 2.75) is 13.3 Å². The summed E-state index contributed by atoms with van der Waals surface area (Å²) in [5.74, 6) is -0.378. The fourth-order valence-electron chi connectivity index (χ4n) is 0.999. The normalized spacial score (nSPS) is 9.83. The van der Waals surface area contributed by atoms with Crippen molar-refractivity contribution in [2.75, 3.05) is 0 Å². The molecule has 0 atom stereocenters. The highest BCUT2D eigenvalue weighted by molar-refractivity contribution is 9.10. The Morgan fingerprint density at radius 3 is 2.75 bits per heavy atom. The molecule has 0 saturated heterocycles. The maximum Gasteiger partial charge on any atom is 0.248 e. The van der Waals surface area contributed by atoms with E-state index in [1.165, 1.54) is 0 Å². The summed E-state index contributed by atoms with van der Waals surface area (Å²) in [6.45, 7) is 2.03. The van der Waals surface area contributed by atoms with Gasteiger partial charge in [0.15, 0.2) is 0 Å². The molecule has 1 rings (SSSR count). The van der Waals surface area contributed by atoms with Crippen molar-refractivity contribution >= 4 is 21.8 Å². The second kappa shape index (κ2) is 3.72. The maximum absolute atomic E-state index is 10.8. The zero-order chi connectivity index (χ0) is 9.14. The average molecular weight is 228 g/mol. The molecular formula is C9H10BrNO. The smallest absolute Gasteiger partial charge is 0.248 e. The van der Waals surface area contributed by atoms with Crippen LogP contribution in [0.5, 0.6) is 0 Å². The van der Waals surface area contributed by atoms with Crippen molar-refractivity contribution in [1.82, 2.24) is 0 Å². The molecule has 0 radical (unpaired) electrons. The van der Waals surface area contributed by atoms with Crippen LogP contribution in [-0.2, 0) is 6.42 Å². The molecule has 2 nitrogen and oxygen atoms in total. The SMILES string of the molecule is CCc1cc(C(N)=O)ccc1Br. The molecule has 0 bridgehead atoms. The Kier molecular flexibility index (Phi) is 2.87. The number of halogens is 1. The van der Waals surface area contributed by atoms with Crippen LogP contribution in [0.3, 0.4) is 0 Å². The Morgan fingerprint density at radius 2 is 2.25 bits per heavy atom. The number of hydrogen-bond acceptors (Lipinski definition) is 1. The van der Waals surface area contributed by atoms with Crippen LogP contribution in [0.2, 0.25) is 0 Å². The number of nitrogens with two attached hydrogens (primary N) is 1. The number of benzene rings is 1. The summed E-state index contributed by atoms with van der Waals surface area (Å²) in [7, 11) is 0. The third-order valence-corrected chi connectivity index (χ3v) is 2.48. The standard InChI is InChI=1S/C9H10BrNO/c1-2-6-5-7(9(11)12)3-4-8(6)10/h3-5H,2H2,1H3,(H2,11,12). The Hall–Kier alpha value is -0.830. The van der Waals surface area contributed by atoms with Gasteiger partial charge in [-0.2, -0.15) is 0 Å². The van der Waals surface area contributed by atoms with Gasteiger partial charge in [-0.05, 0) is 30.2 Å². The molecule has 1 amide bonds. The van der Waals surface area contributed by atoms with Crippen LogP contribution in [0.1, 0.15) is 22.8 Å². The molecule has 3 heteroatoms. The van der Waals surface area contributed by atoms with Crippen molar-refractivity contribution < 1.29 is 4.79 Å². The first-order valence-electron chi connectivity index (χ1n) is 3.73. The molecule has 12 heavy (non-hydrogen) atoms. The molecule has 0 aliphatic carbocycles. The van der Waals surface area contributed by atoms with E-state index in [0.29, 0.717) is 5.56 Å². The molecule has 1 aromatic carbocycles. The van der Waals surface area contributed by atoms with Crippen LogP contribution >= 0.6 is 15.9 Å². The lowest BCUT2D eigenvalue weighted by atomic mass is 10.1. The maximum atomic E-state index is 10.8. The first kappa shape index (κ1) is 9.26. The summed E-state index contributed by atoms with van der Waals surface area (Å²) in [5.41, 5.74) is 6.80. The van der Waals surface area contributed by atoms with Crippen LogP contribution < -0.4 is 5.73 Å². The largest absolute Gasteiger partial charge is 0.366 e. The highest BCUT2D eigenvalue weighted by Gasteiger charge is 2.03. The highest BCUT2D eigenvalue weighted by atomic mass is 79.9. The predicted molar refractivity (Wildman–Crippen MR) is 52.0 cm³/mol. The monoisotopic (exact) mass is 227 g/mol. The Bertz CT molecular complexity index is 309. The zero-order valence-electron chi connectivity index (χ0n) is 6.80. The summed E-state index contributed by atoms with van der Waals surface area (Å²) in [6, 6.07) is 5.37. The summed E-state index contributed by atoms with van der Waals surface area (Å²) in [6.07, 6.45) is 0.891. The van der Waals surface area contributed by atoms with Gasteiger partial charge in [0.2, 0.25) is 5.91 Å². The van der Waals surface area contributed by atoms with Gasteiger partial charge in [-0.15, -0.1) is 0 Å². The van der Waals surface area contributed by atoms with Gasteiger partial charge in [-0.25, -0.2) is 0 Å². The molecular weight excluding hydrogens is 218 g/mol. The summed E-state index contributed by atoms with van der Waals surface area (Å²) >= 11 is 3.39. The number of amides is 1. The molecule has 0 unspecified atom stereocenters. The van der Waals surface area contributed by atoms with E-state index in [4.69, 9.17) is 5.73 Å². The molecule has 0 heterocycles. The van der Waals surface area contributed by atoms with E-state index in [-0.39, 0.29) is 5.91 Å². The Morgan fingerprint density at radius 1 is 1.58 bits per heavy atom. The van der Waals surface area contributed by atoms with Gasteiger partial charge in [-0.1, -0.05) is 22.9 Å². The molecule has 1 aromatic rings. The average Bonchev–Trinajstić information content (AvgIpc) is 2.05. The first-order chi connectivity index (χ1) is 5.65. The quantitative estimate of drug-likeness (QED) is 0.827. The summed E-state index contributed by atoms with van der Waals surface area (Å²) in [4.78, 5) is 10.8. The Balaban J connectivity index is 3.13. The molecule has 2 N–H and O–H groups in total. The van der Waals surface area contributed by atoms with Gasteiger partial charge in [0.1, 0.15) is 0 Å². The lowest BCUT2D eigenvalue weighted by Gasteiger charge is -2.02. The van der Waals surface area contributed by atoms with Gasteiger partial charge in [0, 0.05) is 10.0 Å². The predicted octanol–water partition coefficient (Wildman–Crippen LogP) is 2.11. The van der Waals surface area contributed by atoms with Crippen LogP contribution in [0.25, 0.3) is 0 Å². The lowest BCUT2D eigenvalue weighted by molar-refractivity contribution is 0.1000. The highest BCUT2D eigenvalue weighted by Crippen LogP contribution is 2.18. The van der Waals surface area contributed by atoms with Crippen LogP contribution in [0, 0.1) is 0 Å². The molecule has 64 valence electrons. The summed E-state index contributed by atoms with van der Waals surface area (Å²) < 4.78 is 1.02. The van der Waals surface area contributed by atoms with Crippen molar-refractivity contribution in [3.05, 3.63) is 33.8 Å². The van der Waals surface area contributed by atoms with E-state index in [0.717, 1.165) is 16.5 Å². The number of aryl methyl sites for hydroxylation is 1.